The zero-order valence-corrected chi connectivity index (χ0v) is 11.7. The molecule has 1 atom stereocenters. The lowest BCUT2D eigenvalue weighted by atomic mass is 10.1. The van der Waals surface area contributed by atoms with Crippen molar-refractivity contribution < 1.29 is 4.74 Å². The van der Waals surface area contributed by atoms with E-state index in [2.05, 4.69) is 27.2 Å². The Bertz CT molecular complexity index is 412. The van der Waals surface area contributed by atoms with Gasteiger partial charge in [-0.15, -0.1) is 0 Å². The third-order valence-electron chi connectivity index (χ3n) is 3.53. The molecule has 1 saturated heterocycles. The van der Waals surface area contributed by atoms with Gasteiger partial charge in [-0.2, -0.15) is 0 Å². The van der Waals surface area contributed by atoms with Gasteiger partial charge >= 0.3 is 0 Å². The van der Waals surface area contributed by atoms with Crippen LogP contribution in [0.1, 0.15) is 32.5 Å². The SMILES string of the molecule is CCOCc1nc(NN)cc(N2CCC(CC)C2)n1. The summed E-state index contributed by atoms with van der Waals surface area (Å²) in [6.45, 7) is 7.38. The molecular weight excluding hydrogens is 242 g/mol. The molecule has 6 heteroatoms. The van der Waals surface area contributed by atoms with Crippen LogP contribution in [0.5, 0.6) is 0 Å². The summed E-state index contributed by atoms with van der Waals surface area (Å²) in [7, 11) is 0. The minimum Gasteiger partial charge on any atom is -0.374 e. The van der Waals surface area contributed by atoms with Crippen LogP contribution < -0.4 is 16.2 Å². The van der Waals surface area contributed by atoms with E-state index in [4.69, 9.17) is 10.6 Å². The molecule has 0 bridgehead atoms. The van der Waals surface area contributed by atoms with E-state index < -0.39 is 0 Å². The number of ether oxygens (including phenoxy) is 1. The smallest absolute Gasteiger partial charge is 0.158 e. The van der Waals surface area contributed by atoms with Crippen molar-refractivity contribution in [1.82, 2.24) is 9.97 Å². The highest BCUT2D eigenvalue weighted by Crippen LogP contribution is 2.25. The summed E-state index contributed by atoms with van der Waals surface area (Å²) in [4.78, 5) is 11.2. The van der Waals surface area contributed by atoms with Gasteiger partial charge in [0.15, 0.2) is 5.82 Å². The number of nitrogen functional groups attached to an aromatic ring is 1. The Kier molecular flexibility index (Phi) is 4.93. The van der Waals surface area contributed by atoms with Crippen LogP contribution in [0, 0.1) is 5.92 Å². The van der Waals surface area contributed by atoms with Crippen molar-refractivity contribution in [1.29, 1.82) is 0 Å². The molecule has 1 unspecified atom stereocenters. The van der Waals surface area contributed by atoms with Crippen LogP contribution in [0.25, 0.3) is 0 Å². The fourth-order valence-electron chi connectivity index (χ4n) is 2.35. The zero-order valence-electron chi connectivity index (χ0n) is 11.7. The Labute approximate surface area is 114 Å². The largest absolute Gasteiger partial charge is 0.374 e. The monoisotopic (exact) mass is 265 g/mol. The summed E-state index contributed by atoms with van der Waals surface area (Å²) in [5, 5.41) is 0. The topological polar surface area (TPSA) is 76.3 Å². The lowest BCUT2D eigenvalue weighted by molar-refractivity contribution is 0.128. The fraction of sp³-hybridized carbons (Fsp3) is 0.692. The third kappa shape index (κ3) is 3.54. The third-order valence-corrected chi connectivity index (χ3v) is 3.53. The summed E-state index contributed by atoms with van der Waals surface area (Å²) in [5.41, 5.74) is 2.60. The molecule has 106 valence electrons. The second-order valence-corrected chi connectivity index (χ2v) is 4.82. The molecule has 1 aliphatic rings. The minimum atomic E-state index is 0.421. The first-order chi connectivity index (χ1) is 9.26. The molecule has 0 aliphatic carbocycles. The van der Waals surface area contributed by atoms with Gasteiger partial charge in [0.05, 0.1) is 0 Å². The molecule has 19 heavy (non-hydrogen) atoms. The molecule has 0 aromatic carbocycles. The van der Waals surface area contributed by atoms with Gasteiger partial charge in [0.1, 0.15) is 18.2 Å². The van der Waals surface area contributed by atoms with Crippen LogP contribution in [0.4, 0.5) is 11.6 Å². The highest BCUT2D eigenvalue weighted by atomic mass is 16.5. The number of aromatic nitrogens is 2. The first-order valence-electron chi connectivity index (χ1n) is 6.94. The van der Waals surface area contributed by atoms with Crippen molar-refractivity contribution in [2.75, 3.05) is 30.0 Å². The van der Waals surface area contributed by atoms with Gasteiger partial charge in [0.2, 0.25) is 0 Å². The van der Waals surface area contributed by atoms with Crippen LogP contribution in [0.2, 0.25) is 0 Å². The minimum absolute atomic E-state index is 0.421. The molecule has 0 amide bonds. The summed E-state index contributed by atoms with van der Waals surface area (Å²) < 4.78 is 5.37. The van der Waals surface area contributed by atoms with Crippen molar-refractivity contribution in [2.45, 2.75) is 33.3 Å². The normalized spacial score (nSPS) is 18.9. The standard InChI is InChI=1S/C13H23N5O/c1-3-10-5-6-18(8-10)13-7-11(17-14)15-12(16-13)9-19-4-2/h7,10H,3-6,8-9,14H2,1-2H3,(H,15,16,17). The van der Waals surface area contributed by atoms with E-state index in [0.717, 1.165) is 24.8 Å². The number of hydrogen-bond donors (Lipinski definition) is 2. The van der Waals surface area contributed by atoms with E-state index in [0.29, 0.717) is 24.9 Å². The summed E-state index contributed by atoms with van der Waals surface area (Å²) in [5.74, 6) is 8.48. The molecule has 3 N–H and O–H groups in total. The number of hydrogen-bond acceptors (Lipinski definition) is 6. The lowest BCUT2D eigenvalue weighted by Crippen LogP contribution is -2.22. The summed E-state index contributed by atoms with van der Waals surface area (Å²) in [6.07, 6.45) is 2.45. The fourth-order valence-corrected chi connectivity index (χ4v) is 2.35. The molecule has 1 aromatic rings. The van der Waals surface area contributed by atoms with E-state index in [1.54, 1.807) is 0 Å². The molecular formula is C13H23N5O. The maximum absolute atomic E-state index is 5.47. The molecule has 1 fully saturated rings. The number of nitrogens with zero attached hydrogens (tertiary/aromatic N) is 3. The predicted molar refractivity (Wildman–Crippen MR) is 75.8 cm³/mol. The first kappa shape index (κ1) is 14.0. The average Bonchev–Trinajstić information content (AvgIpc) is 2.93. The molecule has 6 nitrogen and oxygen atoms in total. The lowest BCUT2D eigenvalue weighted by Gasteiger charge is -2.18. The Hall–Kier alpha value is -1.40. The summed E-state index contributed by atoms with van der Waals surface area (Å²) >= 11 is 0. The Morgan fingerprint density at radius 1 is 1.47 bits per heavy atom. The Morgan fingerprint density at radius 3 is 2.95 bits per heavy atom. The van der Waals surface area contributed by atoms with Gasteiger partial charge in [-0.05, 0) is 19.3 Å². The number of nitrogens with two attached hydrogens (primary N) is 1. The maximum Gasteiger partial charge on any atom is 0.158 e. The molecule has 0 spiro atoms. The molecule has 1 aliphatic heterocycles. The van der Waals surface area contributed by atoms with Crippen LogP contribution in [0.15, 0.2) is 6.07 Å². The number of anilines is 2. The number of nitrogens with one attached hydrogen (secondary N) is 1. The highest BCUT2D eigenvalue weighted by molar-refractivity contribution is 5.49. The van der Waals surface area contributed by atoms with E-state index >= 15 is 0 Å². The van der Waals surface area contributed by atoms with Gasteiger partial charge in [-0.25, -0.2) is 15.8 Å². The van der Waals surface area contributed by atoms with Gasteiger partial charge in [0.25, 0.3) is 0 Å². The van der Waals surface area contributed by atoms with Gasteiger partial charge < -0.3 is 15.1 Å². The predicted octanol–water partition coefficient (Wildman–Crippen LogP) is 1.53. The summed E-state index contributed by atoms with van der Waals surface area (Å²) in [6, 6.07) is 1.90. The average molecular weight is 265 g/mol. The van der Waals surface area contributed by atoms with Gasteiger partial charge in [-0.1, -0.05) is 13.3 Å². The van der Waals surface area contributed by atoms with E-state index in [1.165, 1.54) is 12.8 Å². The Morgan fingerprint density at radius 2 is 2.32 bits per heavy atom. The van der Waals surface area contributed by atoms with Crippen LogP contribution in [0.3, 0.4) is 0 Å². The number of rotatable bonds is 6. The second-order valence-electron chi connectivity index (χ2n) is 4.82. The number of hydrazine groups is 1. The van der Waals surface area contributed by atoms with E-state index in [1.807, 2.05) is 13.0 Å². The first-order valence-corrected chi connectivity index (χ1v) is 6.94. The van der Waals surface area contributed by atoms with Crippen molar-refractivity contribution in [3.05, 3.63) is 11.9 Å². The Balaban J connectivity index is 2.14. The van der Waals surface area contributed by atoms with E-state index in [-0.39, 0.29) is 0 Å². The van der Waals surface area contributed by atoms with Crippen LogP contribution in [-0.4, -0.2) is 29.7 Å². The quantitative estimate of drug-likeness (QED) is 0.600. The molecule has 2 rings (SSSR count). The van der Waals surface area contributed by atoms with Crippen molar-refractivity contribution >= 4 is 11.6 Å². The second kappa shape index (κ2) is 6.68. The van der Waals surface area contributed by atoms with E-state index in [9.17, 15) is 0 Å². The molecule has 0 saturated carbocycles. The zero-order chi connectivity index (χ0) is 13.7. The van der Waals surface area contributed by atoms with Crippen molar-refractivity contribution in [3.63, 3.8) is 0 Å². The molecule has 2 heterocycles. The van der Waals surface area contributed by atoms with Crippen molar-refractivity contribution in [3.8, 4) is 0 Å². The molecule has 1 aromatic heterocycles. The van der Waals surface area contributed by atoms with Gasteiger partial charge in [0, 0.05) is 25.8 Å². The van der Waals surface area contributed by atoms with Crippen LogP contribution in [-0.2, 0) is 11.3 Å². The van der Waals surface area contributed by atoms with Gasteiger partial charge in [-0.3, -0.25) is 0 Å². The van der Waals surface area contributed by atoms with Crippen LogP contribution >= 0.6 is 0 Å². The highest BCUT2D eigenvalue weighted by Gasteiger charge is 2.22. The molecule has 0 radical (unpaired) electrons. The maximum atomic E-state index is 5.47. The van der Waals surface area contributed by atoms with Crippen molar-refractivity contribution in [2.24, 2.45) is 11.8 Å².